The first-order valence-corrected chi connectivity index (χ1v) is 10.5. The van der Waals surface area contributed by atoms with Gasteiger partial charge in [-0.25, -0.2) is 0 Å². The van der Waals surface area contributed by atoms with E-state index in [9.17, 15) is 4.79 Å². The summed E-state index contributed by atoms with van der Waals surface area (Å²) < 4.78 is 11.0. The Morgan fingerprint density at radius 2 is 1.47 bits per heavy atom. The molecule has 7 heteroatoms. The summed E-state index contributed by atoms with van der Waals surface area (Å²) in [4.78, 5) is 19.6. The fourth-order valence-corrected chi connectivity index (χ4v) is 3.82. The average Bonchev–Trinajstić information content (AvgIpc) is 2.80. The van der Waals surface area contributed by atoms with Crippen molar-refractivity contribution < 1.29 is 14.3 Å². The van der Waals surface area contributed by atoms with Crippen LogP contribution in [0.4, 0.5) is 22.7 Å². The summed E-state index contributed by atoms with van der Waals surface area (Å²) in [6.45, 7) is 6.27. The van der Waals surface area contributed by atoms with Crippen molar-refractivity contribution in [2.24, 2.45) is 0 Å². The Bertz CT molecular complexity index is 857. The van der Waals surface area contributed by atoms with Gasteiger partial charge in [-0.3, -0.25) is 4.79 Å². The second-order valence-corrected chi connectivity index (χ2v) is 7.80. The third-order valence-corrected chi connectivity index (χ3v) is 5.60. The summed E-state index contributed by atoms with van der Waals surface area (Å²) in [6.07, 6.45) is 0. The van der Waals surface area contributed by atoms with Gasteiger partial charge in [0, 0.05) is 57.2 Å². The molecular weight excluding hydrogens is 380 g/mol. The van der Waals surface area contributed by atoms with Crippen molar-refractivity contribution in [1.29, 1.82) is 0 Å². The molecule has 2 aromatic carbocycles. The molecule has 2 fully saturated rings. The first kappa shape index (κ1) is 20.5. The molecule has 0 radical (unpaired) electrons. The molecule has 1 amide bonds. The zero-order valence-corrected chi connectivity index (χ0v) is 17.8. The molecule has 0 bridgehead atoms. The second-order valence-electron chi connectivity index (χ2n) is 7.80. The van der Waals surface area contributed by atoms with Crippen molar-refractivity contribution in [3.8, 4) is 0 Å². The minimum Gasteiger partial charge on any atom is -0.378 e. The van der Waals surface area contributed by atoms with Gasteiger partial charge in [0.2, 0.25) is 0 Å². The first-order chi connectivity index (χ1) is 14.6. The number of benzene rings is 2. The van der Waals surface area contributed by atoms with E-state index in [0.717, 1.165) is 62.1 Å². The summed E-state index contributed by atoms with van der Waals surface area (Å²) in [7, 11) is 3.97. The topological polar surface area (TPSA) is 57.3 Å². The quantitative estimate of drug-likeness (QED) is 0.818. The van der Waals surface area contributed by atoms with Gasteiger partial charge < -0.3 is 29.5 Å². The summed E-state index contributed by atoms with van der Waals surface area (Å²) in [6, 6.07) is 13.9. The molecule has 7 nitrogen and oxygen atoms in total. The van der Waals surface area contributed by atoms with Crippen molar-refractivity contribution >= 4 is 28.7 Å². The Balaban J connectivity index is 1.58. The van der Waals surface area contributed by atoms with Gasteiger partial charge in [0.1, 0.15) is 0 Å². The van der Waals surface area contributed by atoms with Crippen LogP contribution in [0, 0.1) is 0 Å². The summed E-state index contributed by atoms with van der Waals surface area (Å²) >= 11 is 0. The Morgan fingerprint density at radius 1 is 0.867 bits per heavy atom. The third-order valence-electron chi connectivity index (χ3n) is 5.60. The molecule has 2 aliphatic rings. The van der Waals surface area contributed by atoms with E-state index in [4.69, 9.17) is 9.47 Å². The largest absolute Gasteiger partial charge is 0.378 e. The smallest absolute Gasteiger partial charge is 0.255 e. The van der Waals surface area contributed by atoms with Crippen LogP contribution in [0.5, 0.6) is 0 Å². The number of morpholine rings is 2. The van der Waals surface area contributed by atoms with Gasteiger partial charge in [-0.2, -0.15) is 0 Å². The summed E-state index contributed by atoms with van der Waals surface area (Å²) in [5, 5.41) is 3.12. The molecule has 2 aromatic rings. The number of nitrogens with one attached hydrogen (secondary N) is 1. The number of rotatable bonds is 5. The zero-order chi connectivity index (χ0) is 20.9. The minimum atomic E-state index is -0.103. The highest BCUT2D eigenvalue weighted by Gasteiger charge is 2.20. The van der Waals surface area contributed by atoms with E-state index in [0.29, 0.717) is 18.8 Å². The molecule has 0 spiro atoms. The van der Waals surface area contributed by atoms with Gasteiger partial charge in [0.25, 0.3) is 5.91 Å². The average molecular weight is 411 g/mol. The molecule has 160 valence electrons. The zero-order valence-electron chi connectivity index (χ0n) is 17.8. The predicted octanol–water partition coefficient (Wildman–Crippen LogP) is 2.68. The van der Waals surface area contributed by atoms with Crippen LogP contribution >= 0.6 is 0 Å². The molecule has 0 unspecified atom stereocenters. The monoisotopic (exact) mass is 410 g/mol. The number of hydrogen-bond acceptors (Lipinski definition) is 6. The van der Waals surface area contributed by atoms with E-state index in [1.54, 1.807) is 0 Å². The van der Waals surface area contributed by atoms with E-state index in [-0.39, 0.29) is 5.91 Å². The van der Waals surface area contributed by atoms with Crippen molar-refractivity contribution in [2.75, 3.05) is 86.7 Å². The van der Waals surface area contributed by atoms with Gasteiger partial charge in [-0.1, -0.05) is 0 Å². The molecule has 2 saturated heterocycles. The van der Waals surface area contributed by atoms with Crippen LogP contribution in [-0.4, -0.2) is 72.6 Å². The number of anilines is 4. The van der Waals surface area contributed by atoms with Crippen LogP contribution in [0.25, 0.3) is 0 Å². The van der Waals surface area contributed by atoms with Crippen molar-refractivity contribution in [3.63, 3.8) is 0 Å². The molecule has 2 heterocycles. The fraction of sp³-hybridized carbons (Fsp3) is 0.435. The maximum atomic E-state index is 12.9. The molecule has 30 heavy (non-hydrogen) atoms. The minimum absolute atomic E-state index is 0.103. The molecule has 0 saturated carbocycles. The lowest BCUT2D eigenvalue weighted by molar-refractivity contribution is 0.102. The molecule has 2 aliphatic heterocycles. The lowest BCUT2D eigenvalue weighted by Gasteiger charge is -2.33. The maximum absolute atomic E-state index is 12.9. The number of nitrogens with zero attached hydrogens (tertiary/aromatic N) is 3. The maximum Gasteiger partial charge on any atom is 0.255 e. The number of amides is 1. The van der Waals surface area contributed by atoms with Gasteiger partial charge in [-0.15, -0.1) is 0 Å². The van der Waals surface area contributed by atoms with E-state index in [1.807, 2.05) is 49.3 Å². The predicted molar refractivity (Wildman–Crippen MR) is 121 cm³/mol. The van der Waals surface area contributed by atoms with E-state index < -0.39 is 0 Å². The lowest BCUT2D eigenvalue weighted by Crippen LogP contribution is -2.38. The SMILES string of the molecule is CN(C)c1ccc(C(=O)Nc2ccc(N3CCOCC3)cc2N2CCOCC2)cc1. The van der Waals surface area contributed by atoms with Crippen LogP contribution < -0.4 is 20.0 Å². The normalized spacial score (nSPS) is 17.0. The Hall–Kier alpha value is -2.77. The summed E-state index contributed by atoms with van der Waals surface area (Å²) in [5.41, 5.74) is 4.74. The highest BCUT2D eigenvalue weighted by Crippen LogP contribution is 2.32. The standard InChI is InChI=1S/C23H30N4O3/c1-25(2)19-5-3-18(4-6-19)23(28)24-21-8-7-20(26-9-13-29-14-10-26)17-22(21)27-11-15-30-16-12-27/h3-8,17H,9-16H2,1-2H3,(H,24,28). The summed E-state index contributed by atoms with van der Waals surface area (Å²) in [5.74, 6) is -0.103. The van der Waals surface area contributed by atoms with E-state index >= 15 is 0 Å². The fourth-order valence-electron chi connectivity index (χ4n) is 3.82. The highest BCUT2D eigenvalue weighted by molar-refractivity contribution is 6.06. The van der Waals surface area contributed by atoms with Gasteiger partial charge in [0.15, 0.2) is 0 Å². The first-order valence-electron chi connectivity index (χ1n) is 10.5. The van der Waals surface area contributed by atoms with Crippen molar-refractivity contribution in [1.82, 2.24) is 0 Å². The lowest BCUT2D eigenvalue weighted by atomic mass is 10.1. The Labute approximate surface area is 178 Å². The number of carbonyl (C=O) groups excluding carboxylic acids is 1. The van der Waals surface area contributed by atoms with Crippen LogP contribution in [0.1, 0.15) is 10.4 Å². The number of carbonyl (C=O) groups is 1. The third kappa shape index (κ3) is 4.68. The van der Waals surface area contributed by atoms with Crippen LogP contribution in [0.15, 0.2) is 42.5 Å². The van der Waals surface area contributed by atoms with E-state index in [1.165, 1.54) is 0 Å². The Morgan fingerprint density at radius 3 is 2.07 bits per heavy atom. The number of hydrogen-bond donors (Lipinski definition) is 1. The molecule has 4 rings (SSSR count). The second kappa shape index (κ2) is 9.36. The Kier molecular flexibility index (Phi) is 6.40. The van der Waals surface area contributed by atoms with Gasteiger partial charge >= 0.3 is 0 Å². The van der Waals surface area contributed by atoms with Gasteiger partial charge in [-0.05, 0) is 42.5 Å². The molecule has 1 N–H and O–H groups in total. The molecule has 0 atom stereocenters. The van der Waals surface area contributed by atoms with Crippen LogP contribution in [-0.2, 0) is 9.47 Å². The van der Waals surface area contributed by atoms with Crippen molar-refractivity contribution in [3.05, 3.63) is 48.0 Å². The molecule has 0 aromatic heterocycles. The van der Waals surface area contributed by atoms with Crippen molar-refractivity contribution in [2.45, 2.75) is 0 Å². The highest BCUT2D eigenvalue weighted by atomic mass is 16.5. The van der Waals surface area contributed by atoms with Crippen LogP contribution in [0.3, 0.4) is 0 Å². The number of ether oxygens (including phenoxy) is 2. The molecule has 0 aliphatic carbocycles. The van der Waals surface area contributed by atoms with Gasteiger partial charge in [0.05, 0.1) is 37.8 Å². The molecular formula is C23H30N4O3. The van der Waals surface area contributed by atoms with E-state index in [2.05, 4.69) is 27.2 Å². The van der Waals surface area contributed by atoms with Crippen LogP contribution in [0.2, 0.25) is 0 Å².